The second-order valence-electron chi connectivity index (χ2n) is 5.14. The van der Waals surface area contributed by atoms with E-state index in [1.807, 2.05) is 7.05 Å². The number of nitrogens with one attached hydrogen (secondary N) is 2. The largest absolute Gasteiger partial charge is 0.390 e. The second-order valence-corrected chi connectivity index (χ2v) is 5.59. The predicted octanol–water partition coefficient (Wildman–Crippen LogP) is 2.82. The molecule has 0 radical (unpaired) electrons. The van der Waals surface area contributed by atoms with Crippen molar-refractivity contribution in [3.63, 3.8) is 0 Å². The molecule has 0 aromatic carbocycles. The Balaban J connectivity index is 3.32. The highest BCUT2D eigenvalue weighted by atomic mass is 32.1. The molecule has 80 valence electrons. The Morgan fingerprint density at radius 3 is 2.21 bits per heavy atom. The standard InChI is InChI=1S/C11H20N2S/c1-10(2)6-7(12)11(3,4)8(13-5)9(10)14/h12-14H,6H2,1-5H3. The Kier molecular flexibility index (Phi) is 2.74. The smallest absolute Gasteiger partial charge is 0.0428 e. The zero-order valence-electron chi connectivity index (χ0n) is 9.65. The summed E-state index contributed by atoms with van der Waals surface area (Å²) in [5, 5.41) is 11.3. The van der Waals surface area contributed by atoms with Crippen LogP contribution in [0.2, 0.25) is 0 Å². The summed E-state index contributed by atoms with van der Waals surface area (Å²) >= 11 is 4.59. The first kappa shape index (κ1) is 11.6. The lowest BCUT2D eigenvalue weighted by Crippen LogP contribution is -2.41. The molecule has 1 aliphatic rings. The molecular formula is C11H20N2S. The summed E-state index contributed by atoms with van der Waals surface area (Å²) in [5.41, 5.74) is 1.67. The first-order chi connectivity index (χ1) is 6.23. The minimum Gasteiger partial charge on any atom is -0.390 e. The minimum atomic E-state index is -0.193. The SMILES string of the molecule is CNC1=C(S)C(C)(C)CC(=N)C1(C)C. The van der Waals surface area contributed by atoms with Crippen LogP contribution < -0.4 is 5.32 Å². The van der Waals surface area contributed by atoms with Crippen LogP contribution in [0.1, 0.15) is 34.1 Å². The molecule has 0 spiro atoms. The fraction of sp³-hybridized carbons (Fsp3) is 0.727. The van der Waals surface area contributed by atoms with E-state index in [2.05, 4.69) is 45.6 Å². The molecule has 3 heteroatoms. The van der Waals surface area contributed by atoms with Crippen molar-refractivity contribution in [3.05, 3.63) is 10.6 Å². The third-order valence-electron chi connectivity index (χ3n) is 3.13. The van der Waals surface area contributed by atoms with Crippen LogP contribution in [-0.4, -0.2) is 12.8 Å². The average Bonchev–Trinajstić information content (AvgIpc) is 2.02. The van der Waals surface area contributed by atoms with Gasteiger partial charge in [0, 0.05) is 34.2 Å². The van der Waals surface area contributed by atoms with Crippen molar-refractivity contribution in [1.29, 1.82) is 5.41 Å². The van der Waals surface area contributed by atoms with Crippen LogP contribution in [-0.2, 0) is 0 Å². The fourth-order valence-electron chi connectivity index (χ4n) is 1.96. The molecule has 0 amide bonds. The van der Waals surface area contributed by atoms with Gasteiger partial charge in [0.25, 0.3) is 0 Å². The van der Waals surface area contributed by atoms with Crippen molar-refractivity contribution in [2.75, 3.05) is 7.05 Å². The van der Waals surface area contributed by atoms with Gasteiger partial charge in [-0.05, 0) is 20.3 Å². The first-order valence-electron chi connectivity index (χ1n) is 4.93. The third kappa shape index (κ3) is 1.58. The number of rotatable bonds is 1. The molecule has 0 fully saturated rings. The zero-order chi connectivity index (χ0) is 11.1. The molecule has 1 rings (SSSR count). The first-order valence-corrected chi connectivity index (χ1v) is 5.38. The lowest BCUT2D eigenvalue weighted by Gasteiger charge is -2.42. The van der Waals surface area contributed by atoms with Gasteiger partial charge in [-0.2, -0.15) is 0 Å². The molecule has 0 unspecified atom stereocenters. The van der Waals surface area contributed by atoms with Crippen molar-refractivity contribution in [3.8, 4) is 0 Å². The van der Waals surface area contributed by atoms with Gasteiger partial charge in [-0.25, -0.2) is 0 Å². The molecule has 0 atom stereocenters. The summed E-state index contributed by atoms with van der Waals surface area (Å²) in [4.78, 5) is 1.08. The molecule has 14 heavy (non-hydrogen) atoms. The van der Waals surface area contributed by atoms with Gasteiger partial charge in [-0.1, -0.05) is 13.8 Å². The van der Waals surface area contributed by atoms with E-state index in [1.165, 1.54) is 0 Å². The van der Waals surface area contributed by atoms with E-state index in [1.54, 1.807) is 0 Å². The Morgan fingerprint density at radius 1 is 1.29 bits per heavy atom. The molecule has 0 aliphatic heterocycles. The highest BCUT2D eigenvalue weighted by molar-refractivity contribution is 7.84. The van der Waals surface area contributed by atoms with Gasteiger partial charge in [-0.15, -0.1) is 12.6 Å². The summed E-state index contributed by atoms with van der Waals surface area (Å²) in [6.45, 7) is 8.42. The van der Waals surface area contributed by atoms with Crippen LogP contribution in [0.5, 0.6) is 0 Å². The Bertz CT molecular complexity index is 300. The molecule has 0 bridgehead atoms. The quantitative estimate of drug-likeness (QED) is 0.574. The maximum Gasteiger partial charge on any atom is 0.0428 e. The van der Waals surface area contributed by atoms with E-state index in [-0.39, 0.29) is 10.8 Å². The Hall–Kier alpha value is -0.440. The van der Waals surface area contributed by atoms with E-state index in [0.29, 0.717) is 0 Å². The van der Waals surface area contributed by atoms with Crippen LogP contribution in [0.25, 0.3) is 0 Å². The molecule has 0 aromatic heterocycles. The van der Waals surface area contributed by atoms with Crippen LogP contribution in [0.15, 0.2) is 10.6 Å². The Morgan fingerprint density at radius 2 is 1.79 bits per heavy atom. The summed E-state index contributed by atoms with van der Waals surface area (Å²) in [7, 11) is 1.90. The molecular weight excluding hydrogens is 192 g/mol. The predicted molar refractivity (Wildman–Crippen MR) is 65.0 cm³/mol. The summed E-state index contributed by atoms with van der Waals surface area (Å²) < 4.78 is 0. The minimum absolute atomic E-state index is 0.00590. The number of allylic oxidation sites excluding steroid dienone is 2. The van der Waals surface area contributed by atoms with Crippen molar-refractivity contribution >= 4 is 18.3 Å². The monoisotopic (exact) mass is 212 g/mol. The molecule has 0 heterocycles. The van der Waals surface area contributed by atoms with Gasteiger partial charge < -0.3 is 10.7 Å². The van der Waals surface area contributed by atoms with Gasteiger partial charge >= 0.3 is 0 Å². The van der Waals surface area contributed by atoms with Gasteiger partial charge in [0.15, 0.2) is 0 Å². The van der Waals surface area contributed by atoms with Gasteiger partial charge in [0.05, 0.1) is 0 Å². The van der Waals surface area contributed by atoms with Crippen LogP contribution in [0, 0.1) is 16.2 Å². The van der Waals surface area contributed by atoms with E-state index in [4.69, 9.17) is 5.41 Å². The van der Waals surface area contributed by atoms with Gasteiger partial charge in [0.1, 0.15) is 0 Å². The van der Waals surface area contributed by atoms with Crippen LogP contribution >= 0.6 is 12.6 Å². The lowest BCUT2D eigenvalue weighted by atomic mass is 9.68. The highest BCUT2D eigenvalue weighted by Crippen LogP contribution is 2.46. The molecule has 0 saturated heterocycles. The summed E-state index contributed by atoms with van der Waals surface area (Å²) in [6.07, 6.45) is 0.796. The van der Waals surface area contributed by atoms with E-state index in [0.717, 1.165) is 22.7 Å². The van der Waals surface area contributed by atoms with Gasteiger partial charge in [-0.3, -0.25) is 0 Å². The van der Waals surface area contributed by atoms with Gasteiger partial charge in [0.2, 0.25) is 0 Å². The van der Waals surface area contributed by atoms with Crippen molar-refractivity contribution in [2.24, 2.45) is 10.8 Å². The molecule has 0 aromatic rings. The second kappa shape index (κ2) is 3.30. The van der Waals surface area contributed by atoms with Crippen LogP contribution in [0.4, 0.5) is 0 Å². The zero-order valence-corrected chi connectivity index (χ0v) is 10.5. The highest BCUT2D eigenvalue weighted by Gasteiger charge is 2.41. The lowest BCUT2D eigenvalue weighted by molar-refractivity contribution is 0.412. The normalized spacial score (nSPS) is 25.1. The molecule has 2 nitrogen and oxygen atoms in total. The van der Waals surface area contributed by atoms with Crippen LogP contribution in [0.3, 0.4) is 0 Å². The summed E-state index contributed by atoms with van der Waals surface area (Å²) in [6, 6.07) is 0. The summed E-state index contributed by atoms with van der Waals surface area (Å²) in [5.74, 6) is 0. The molecule has 0 saturated carbocycles. The van der Waals surface area contributed by atoms with Crippen molar-refractivity contribution in [1.82, 2.24) is 5.32 Å². The maximum atomic E-state index is 8.06. The van der Waals surface area contributed by atoms with E-state index < -0.39 is 0 Å². The Labute approximate surface area is 92.1 Å². The van der Waals surface area contributed by atoms with E-state index in [9.17, 15) is 0 Å². The molecule has 2 N–H and O–H groups in total. The average molecular weight is 212 g/mol. The van der Waals surface area contributed by atoms with E-state index >= 15 is 0 Å². The van der Waals surface area contributed by atoms with Crippen molar-refractivity contribution in [2.45, 2.75) is 34.1 Å². The fourth-order valence-corrected chi connectivity index (χ4v) is 2.43. The number of thiol groups is 1. The number of hydrogen-bond acceptors (Lipinski definition) is 3. The third-order valence-corrected chi connectivity index (χ3v) is 3.95. The topological polar surface area (TPSA) is 35.9 Å². The number of hydrogen-bond donors (Lipinski definition) is 3. The van der Waals surface area contributed by atoms with Crippen molar-refractivity contribution < 1.29 is 0 Å². The molecule has 1 aliphatic carbocycles. The maximum absolute atomic E-state index is 8.06.